The van der Waals surface area contributed by atoms with Crippen LogP contribution in [-0.2, 0) is 16.5 Å². The average molecular weight is 539 g/mol. The molecular formula is C26H24F2N6O3S. The highest BCUT2D eigenvalue weighted by Crippen LogP contribution is 2.45. The number of fused-ring (bicyclic) bond motifs is 3. The molecule has 5 aromatic rings. The number of carbonyl (C=O) groups excluding carboxylic acids is 1. The van der Waals surface area contributed by atoms with Crippen molar-refractivity contribution in [2.45, 2.75) is 25.8 Å². The number of hydrogen-bond acceptors (Lipinski definition) is 8. The summed E-state index contributed by atoms with van der Waals surface area (Å²) < 4.78 is 45.8. The van der Waals surface area contributed by atoms with Crippen LogP contribution in [0.25, 0.3) is 32.5 Å². The zero-order valence-corrected chi connectivity index (χ0v) is 21.8. The molecule has 1 saturated heterocycles. The van der Waals surface area contributed by atoms with Gasteiger partial charge in [0, 0.05) is 38.2 Å². The number of nitrogens with zero attached hydrogens (tertiary/aromatic N) is 6. The number of aromatic nitrogens is 6. The minimum atomic E-state index is -0.775. The van der Waals surface area contributed by atoms with E-state index in [-0.39, 0.29) is 22.0 Å². The van der Waals surface area contributed by atoms with Crippen LogP contribution in [0.3, 0.4) is 0 Å². The Hall–Kier alpha value is -3.77. The number of ether oxygens (including phenoxy) is 2. The number of rotatable bonds is 5. The van der Waals surface area contributed by atoms with Gasteiger partial charge in [0.2, 0.25) is 0 Å². The van der Waals surface area contributed by atoms with E-state index in [4.69, 9.17) is 14.5 Å². The van der Waals surface area contributed by atoms with Crippen LogP contribution in [0.2, 0.25) is 0 Å². The molecule has 9 nitrogen and oxygen atoms in total. The largest absolute Gasteiger partial charge is 0.465 e. The summed E-state index contributed by atoms with van der Waals surface area (Å²) in [6.07, 6.45) is 4.48. The summed E-state index contributed by atoms with van der Waals surface area (Å²) in [6.45, 7) is 2.85. The topological polar surface area (TPSA) is 97.0 Å². The molecule has 0 radical (unpaired) electrons. The molecule has 12 heteroatoms. The summed E-state index contributed by atoms with van der Waals surface area (Å²) >= 11 is 0.978. The lowest BCUT2D eigenvalue weighted by atomic mass is 9.88. The lowest BCUT2D eigenvalue weighted by Gasteiger charge is -2.32. The van der Waals surface area contributed by atoms with Gasteiger partial charge in [-0.15, -0.1) is 16.4 Å². The summed E-state index contributed by atoms with van der Waals surface area (Å²) in [6, 6.07) is 4.11. The number of pyridine rings is 2. The third-order valence-corrected chi connectivity index (χ3v) is 8.25. The van der Waals surface area contributed by atoms with Gasteiger partial charge in [-0.05, 0) is 43.9 Å². The number of methoxy groups -OCH3 is 1. The monoisotopic (exact) mass is 538 g/mol. The van der Waals surface area contributed by atoms with E-state index in [1.54, 1.807) is 22.5 Å². The zero-order valence-electron chi connectivity index (χ0n) is 20.9. The highest BCUT2D eigenvalue weighted by molar-refractivity contribution is 7.21. The van der Waals surface area contributed by atoms with Crippen LogP contribution >= 0.6 is 11.3 Å². The third-order valence-electron chi connectivity index (χ3n) is 7.11. The lowest BCUT2D eigenvalue weighted by molar-refractivity contribution is 0.0542. The number of aryl methyl sites for hydroxylation is 2. The van der Waals surface area contributed by atoms with Crippen LogP contribution in [0.4, 0.5) is 8.78 Å². The lowest BCUT2D eigenvalue weighted by Crippen LogP contribution is -2.28. The highest BCUT2D eigenvalue weighted by atomic mass is 32.1. The summed E-state index contributed by atoms with van der Waals surface area (Å²) in [4.78, 5) is 21.4. The second kappa shape index (κ2) is 9.52. The first-order valence-corrected chi connectivity index (χ1v) is 13.0. The van der Waals surface area contributed by atoms with Gasteiger partial charge >= 0.3 is 5.97 Å². The van der Waals surface area contributed by atoms with Crippen LogP contribution in [0.5, 0.6) is 0 Å². The Labute approximate surface area is 220 Å². The average Bonchev–Trinajstić information content (AvgIpc) is 3.56. The summed E-state index contributed by atoms with van der Waals surface area (Å²) in [7, 11) is 2.99. The van der Waals surface area contributed by atoms with Gasteiger partial charge in [0.25, 0.3) is 0 Å². The number of halogens is 2. The Bertz CT molecular complexity index is 1670. The zero-order chi connectivity index (χ0) is 26.6. The molecule has 1 aliphatic rings. The third kappa shape index (κ3) is 3.78. The normalized spacial score (nSPS) is 15.4. The molecule has 0 spiro atoms. The summed E-state index contributed by atoms with van der Waals surface area (Å²) in [5.74, 6) is -2.08. The van der Waals surface area contributed by atoms with Crippen molar-refractivity contribution in [1.82, 2.24) is 29.5 Å². The van der Waals surface area contributed by atoms with Crippen LogP contribution in [0, 0.1) is 24.5 Å². The van der Waals surface area contributed by atoms with E-state index < -0.39 is 23.6 Å². The Morgan fingerprint density at radius 2 is 2.05 bits per heavy atom. The van der Waals surface area contributed by atoms with Crippen molar-refractivity contribution in [3.8, 4) is 11.3 Å². The molecule has 0 aliphatic carbocycles. The second-order valence-corrected chi connectivity index (χ2v) is 10.3. The molecule has 0 amide bonds. The summed E-state index contributed by atoms with van der Waals surface area (Å²) in [5, 5.41) is 8.24. The van der Waals surface area contributed by atoms with Crippen LogP contribution in [0.1, 0.15) is 39.9 Å². The molecule has 1 aliphatic heterocycles. The fourth-order valence-electron chi connectivity index (χ4n) is 5.41. The molecule has 6 heterocycles. The van der Waals surface area contributed by atoms with Gasteiger partial charge in [-0.25, -0.2) is 18.3 Å². The van der Waals surface area contributed by atoms with E-state index in [1.165, 1.54) is 25.4 Å². The van der Waals surface area contributed by atoms with Crippen LogP contribution in [0.15, 0.2) is 30.6 Å². The van der Waals surface area contributed by atoms with Gasteiger partial charge in [-0.1, -0.05) is 5.21 Å². The van der Waals surface area contributed by atoms with Crippen LogP contribution in [-0.4, -0.2) is 55.8 Å². The van der Waals surface area contributed by atoms with Gasteiger partial charge in [-0.2, -0.15) is 0 Å². The van der Waals surface area contributed by atoms with E-state index in [2.05, 4.69) is 15.3 Å². The predicted octanol–water partition coefficient (Wildman–Crippen LogP) is 4.83. The predicted molar refractivity (Wildman–Crippen MR) is 137 cm³/mol. The molecule has 5 aromatic heterocycles. The molecule has 1 unspecified atom stereocenters. The van der Waals surface area contributed by atoms with Crippen molar-refractivity contribution in [3.63, 3.8) is 0 Å². The quantitative estimate of drug-likeness (QED) is 0.296. The first kappa shape index (κ1) is 24.6. The maximum atomic E-state index is 16.1. The van der Waals surface area contributed by atoms with Gasteiger partial charge in [-0.3, -0.25) is 9.97 Å². The second-order valence-electron chi connectivity index (χ2n) is 9.29. The van der Waals surface area contributed by atoms with Crippen molar-refractivity contribution in [1.29, 1.82) is 0 Å². The van der Waals surface area contributed by atoms with E-state index in [0.29, 0.717) is 47.5 Å². The number of thiophene rings is 1. The number of carbonyl (C=O) groups is 1. The molecule has 0 aromatic carbocycles. The molecule has 6 rings (SSSR count). The molecule has 1 fully saturated rings. The Morgan fingerprint density at radius 3 is 2.74 bits per heavy atom. The van der Waals surface area contributed by atoms with Crippen molar-refractivity contribution in [2.24, 2.45) is 13.0 Å². The van der Waals surface area contributed by atoms with Crippen molar-refractivity contribution in [2.75, 3.05) is 20.3 Å². The minimum Gasteiger partial charge on any atom is -0.465 e. The van der Waals surface area contributed by atoms with E-state index >= 15 is 8.78 Å². The highest BCUT2D eigenvalue weighted by Gasteiger charge is 2.36. The van der Waals surface area contributed by atoms with Gasteiger partial charge in [0.1, 0.15) is 11.3 Å². The van der Waals surface area contributed by atoms with Crippen molar-refractivity contribution in [3.05, 3.63) is 58.5 Å². The molecule has 0 bridgehead atoms. The minimum absolute atomic E-state index is 0.100. The fraction of sp³-hybridized carbons (Fsp3) is 0.346. The SMILES string of the molecule is COC(=O)c1sc2c3ncc(-c4c(C)nnn4C)cc3n(C(c3ncccc3F)C3CCOCC3)c2c1F. The smallest absolute Gasteiger partial charge is 0.351 e. The molecule has 0 N–H and O–H groups in total. The van der Waals surface area contributed by atoms with E-state index in [0.717, 1.165) is 22.6 Å². The first-order valence-electron chi connectivity index (χ1n) is 12.2. The van der Waals surface area contributed by atoms with Crippen LogP contribution < -0.4 is 0 Å². The van der Waals surface area contributed by atoms with Gasteiger partial charge in [0.15, 0.2) is 10.7 Å². The molecule has 0 saturated carbocycles. The number of esters is 1. The Morgan fingerprint density at radius 1 is 1.26 bits per heavy atom. The standard InChI is InChI=1S/C26H24F2N6O3S/c1-13-21(33(2)32-31-13)15-11-17-20(30-12-15)25-23(18(28)24(38-25)26(35)36-3)34(17)22(14-6-9-37-10-7-14)19-16(27)5-4-8-29-19/h4-5,8,11-12,14,22H,6-7,9-10H2,1-3H3. The van der Waals surface area contributed by atoms with Crippen molar-refractivity contribution >= 4 is 38.6 Å². The molecule has 38 heavy (non-hydrogen) atoms. The van der Waals surface area contributed by atoms with E-state index in [9.17, 15) is 4.79 Å². The van der Waals surface area contributed by atoms with E-state index in [1.807, 2.05) is 13.0 Å². The first-order chi connectivity index (χ1) is 18.4. The Kier molecular flexibility index (Phi) is 6.15. The number of hydrogen-bond donors (Lipinski definition) is 0. The van der Waals surface area contributed by atoms with Gasteiger partial charge in [0.05, 0.1) is 46.0 Å². The Balaban J connectivity index is 1.71. The molecular weight excluding hydrogens is 514 g/mol. The fourth-order valence-corrected chi connectivity index (χ4v) is 6.51. The molecule has 196 valence electrons. The summed E-state index contributed by atoms with van der Waals surface area (Å²) in [5.41, 5.74) is 3.69. The maximum Gasteiger partial charge on any atom is 0.351 e. The van der Waals surface area contributed by atoms with Crippen molar-refractivity contribution < 1.29 is 23.0 Å². The molecule has 1 atom stereocenters. The van der Waals surface area contributed by atoms with Gasteiger partial charge < -0.3 is 14.0 Å². The maximum absolute atomic E-state index is 16.1.